The Kier molecular flexibility index (Phi) is 2.52. The average Bonchev–Trinajstić information content (AvgIpc) is 2.51. The largest absolute Gasteiger partial charge is 0.336 e. The van der Waals surface area contributed by atoms with E-state index in [1.54, 1.807) is 18.2 Å². The van der Waals surface area contributed by atoms with E-state index < -0.39 is 0 Å². The molecular formula is C9H8Cl2N2O. The summed E-state index contributed by atoms with van der Waals surface area (Å²) < 4.78 is 0. The van der Waals surface area contributed by atoms with Crippen LogP contribution in [-0.2, 0) is 0 Å². The third kappa shape index (κ3) is 1.65. The summed E-state index contributed by atoms with van der Waals surface area (Å²) in [6, 6.07) is 4.97. The molecule has 2 amide bonds. The molecule has 0 saturated carbocycles. The van der Waals surface area contributed by atoms with Gasteiger partial charge in [0, 0.05) is 22.2 Å². The Hall–Kier alpha value is -0.930. The van der Waals surface area contributed by atoms with Gasteiger partial charge in [-0.3, -0.25) is 0 Å². The Balaban J connectivity index is 2.36. The van der Waals surface area contributed by atoms with Gasteiger partial charge in [-0.05, 0) is 12.1 Å². The van der Waals surface area contributed by atoms with Gasteiger partial charge in [0.05, 0.1) is 6.04 Å². The van der Waals surface area contributed by atoms with Crippen LogP contribution >= 0.6 is 23.2 Å². The number of halogens is 2. The van der Waals surface area contributed by atoms with E-state index in [0.717, 1.165) is 5.56 Å². The minimum Gasteiger partial charge on any atom is -0.336 e. The van der Waals surface area contributed by atoms with E-state index >= 15 is 0 Å². The van der Waals surface area contributed by atoms with Crippen LogP contribution in [0.1, 0.15) is 11.6 Å². The minimum atomic E-state index is -0.189. The minimum absolute atomic E-state index is 0.135. The molecule has 1 aromatic carbocycles. The van der Waals surface area contributed by atoms with Crippen molar-refractivity contribution in [3.8, 4) is 0 Å². The van der Waals surface area contributed by atoms with Gasteiger partial charge >= 0.3 is 6.03 Å². The van der Waals surface area contributed by atoms with Crippen LogP contribution < -0.4 is 10.6 Å². The van der Waals surface area contributed by atoms with Crippen molar-refractivity contribution < 1.29 is 4.79 Å². The Morgan fingerprint density at radius 3 is 2.43 bits per heavy atom. The van der Waals surface area contributed by atoms with E-state index in [-0.39, 0.29) is 12.1 Å². The molecule has 74 valence electrons. The monoisotopic (exact) mass is 230 g/mol. The van der Waals surface area contributed by atoms with Crippen molar-refractivity contribution in [1.29, 1.82) is 0 Å². The van der Waals surface area contributed by atoms with Crippen LogP contribution in [-0.4, -0.2) is 12.6 Å². The van der Waals surface area contributed by atoms with Crippen molar-refractivity contribution in [1.82, 2.24) is 10.6 Å². The molecule has 0 unspecified atom stereocenters. The number of carbonyl (C=O) groups excluding carboxylic acids is 1. The van der Waals surface area contributed by atoms with Crippen molar-refractivity contribution in [2.75, 3.05) is 6.54 Å². The van der Waals surface area contributed by atoms with E-state index in [4.69, 9.17) is 23.2 Å². The molecule has 2 N–H and O–H groups in total. The number of hydrogen-bond acceptors (Lipinski definition) is 1. The highest BCUT2D eigenvalue weighted by molar-refractivity contribution is 6.36. The predicted molar refractivity (Wildman–Crippen MR) is 55.7 cm³/mol. The molecule has 0 spiro atoms. The lowest BCUT2D eigenvalue weighted by Crippen LogP contribution is -2.21. The van der Waals surface area contributed by atoms with Crippen molar-refractivity contribution in [2.45, 2.75) is 6.04 Å². The Labute approximate surface area is 91.4 Å². The number of carbonyl (C=O) groups is 1. The maximum Gasteiger partial charge on any atom is 0.315 e. The molecule has 1 atom stereocenters. The summed E-state index contributed by atoms with van der Waals surface area (Å²) in [5, 5.41) is 6.54. The van der Waals surface area contributed by atoms with Crippen LogP contribution in [0.15, 0.2) is 18.2 Å². The smallest absolute Gasteiger partial charge is 0.315 e. The fraction of sp³-hybridized carbons (Fsp3) is 0.222. The zero-order chi connectivity index (χ0) is 10.1. The number of benzene rings is 1. The Morgan fingerprint density at radius 1 is 1.29 bits per heavy atom. The van der Waals surface area contributed by atoms with Gasteiger partial charge in [0.15, 0.2) is 0 Å². The van der Waals surface area contributed by atoms with Crippen LogP contribution in [0.25, 0.3) is 0 Å². The van der Waals surface area contributed by atoms with Gasteiger partial charge in [-0.15, -0.1) is 0 Å². The first-order valence-corrected chi connectivity index (χ1v) is 4.92. The summed E-state index contributed by atoms with van der Waals surface area (Å²) >= 11 is 12.0. The van der Waals surface area contributed by atoms with Crippen molar-refractivity contribution in [3.05, 3.63) is 33.8 Å². The highest BCUT2D eigenvalue weighted by atomic mass is 35.5. The number of amides is 2. The zero-order valence-corrected chi connectivity index (χ0v) is 8.69. The number of hydrogen-bond donors (Lipinski definition) is 2. The maximum atomic E-state index is 10.9. The van der Waals surface area contributed by atoms with Crippen LogP contribution in [0.5, 0.6) is 0 Å². The molecule has 0 aromatic heterocycles. The molecule has 1 aliphatic heterocycles. The predicted octanol–water partition coefficient (Wildman–Crippen LogP) is 2.35. The van der Waals surface area contributed by atoms with E-state index in [1.807, 2.05) is 0 Å². The fourth-order valence-electron chi connectivity index (χ4n) is 1.47. The molecule has 5 heteroatoms. The van der Waals surface area contributed by atoms with Crippen molar-refractivity contribution in [3.63, 3.8) is 0 Å². The lowest BCUT2D eigenvalue weighted by Gasteiger charge is -2.12. The third-order valence-electron chi connectivity index (χ3n) is 2.12. The molecular weight excluding hydrogens is 223 g/mol. The second-order valence-electron chi connectivity index (χ2n) is 3.04. The molecule has 0 bridgehead atoms. The highest BCUT2D eigenvalue weighted by Crippen LogP contribution is 2.30. The normalized spacial score (nSPS) is 20.4. The summed E-state index contributed by atoms with van der Waals surface area (Å²) in [6.45, 7) is 0.516. The lowest BCUT2D eigenvalue weighted by molar-refractivity contribution is 0.247. The van der Waals surface area contributed by atoms with Gasteiger partial charge in [-0.25, -0.2) is 4.79 Å². The summed E-state index contributed by atoms with van der Waals surface area (Å²) in [4.78, 5) is 10.9. The fourth-order valence-corrected chi connectivity index (χ4v) is 2.13. The molecule has 1 fully saturated rings. The van der Waals surface area contributed by atoms with E-state index in [2.05, 4.69) is 10.6 Å². The van der Waals surface area contributed by atoms with Gasteiger partial charge in [0.1, 0.15) is 0 Å². The zero-order valence-electron chi connectivity index (χ0n) is 7.18. The third-order valence-corrected chi connectivity index (χ3v) is 2.78. The molecule has 1 saturated heterocycles. The second kappa shape index (κ2) is 3.67. The van der Waals surface area contributed by atoms with Crippen LogP contribution in [0, 0.1) is 0 Å². The molecule has 1 aliphatic rings. The second-order valence-corrected chi connectivity index (χ2v) is 3.86. The first kappa shape index (κ1) is 9.62. The molecule has 1 heterocycles. The van der Waals surface area contributed by atoms with E-state index in [1.165, 1.54) is 0 Å². The lowest BCUT2D eigenvalue weighted by atomic mass is 10.1. The van der Waals surface area contributed by atoms with Gasteiger partial charge in [-0.1, -0.05) is 29.3 Å². The Morgan fingerprint density at radius 2 is 1.93 bits per heavy atom. The first-order valence-electron chi connectivity index (χ1n) is 4.17. The van der Waals surface area contributed by atoms with Crippen LogP contribution in [0.2, 0.25) is 10.0 Å². The SMILES string of the molecule is O=C1NC[C@H](c2c(Cl)cccc2Cl)N1. The van der Waals surface area contributed by atoms with Gasteiger partial charge in [-0.2, -0.15) is 0 Å². The molecule has 2 rings (SSSR count). The molecule has 0 radical (unpaired) electrons. The van der Waals surface area contributed by atoms with Crippen LogP contribution in [0.3, 0.4) is 0 Å². The molecule has 3 nitrogen and oxygen atoms in total. The van der Waals surface area contributed by atoms with E-state index in [0.29, 0.717) is 16.6 Å². The van der Waals surface area contributed by atoms with Gasteiger partial charge in [0.25, 0.3) is 0 Å². The van der Waals surface area contributed by atoms with Crippen molar-refractivity contribution >= 4 is 29.2 Å². The quantitative estimate of drug-likeness (QED) is 0.765. The standard InChI is InChI=1S/C9H8Cl2N2O/c10-5-2-1-3-6(11)8(5)7-4-12-9(14)13-7/h1-3,7H,4H2,(H2,12,13,14)/t7-/m1/s1. The van der Waals surface area contributed by atoms with Crippen molar-refractivity contribution in [2.24, 2.45) is 0 Å². The maximum absolute atomic E-state index is 10.9. The Bertz CT molecular complexity index is 361. The van der Waals surface area contributed by atoms with Gasteiger partial charge in [0.2, 0.25) is 0 Å². The molecule has 14 heavy (non-hydrogen) atoms. The summed E-state index contributed by atoms with van der Waals surface area (Å²) in [6.07, 6.45) is 0. The van der Waals surface area contributed by atoms with E-state index in [9.17, 15) is 4.79 Å². The first-order chi connectivity index (χ1) is 6.68. The number of rotatable bonds is 1. The summed E-state index contributed by atoms with van der Waals surface area (Å²) in [5.74, 6) is 0. The summed E-state index contributed by atoms with van der Waals surface area (Å²) in [5.41, 5.74) is 0.772. The average molecular weight is 231 g/mol. The van der Waals surface area contributed by atoms with Crippen LogP contribution in [0.4, 0.5) is 4.79 Å². The molecule has 1 aromatic rings. The summed E-state index contributed by atoms with van der Waals surface area (Å²) in [7, 11) is 0. The number of nitrogens with one attached hydrogen (secondary N) is 2. The topological polar surface area (TPSA) is 41.1 Å². The highest BCUT2D eigenvalue weighted by Gasteiger charge is 2.25. The number of urea groups is 1. The molecule has 0 aliphatic carbocycles. The van der Waals surface area contributed by atoms with Gasteiger partial charge < -0.3 is 10.6 Å².